The van der Waals surface area contributed by atoms with Gasteiger partial charge < -0.3 is 62.5 Å². The molecule has 0 saturated carbocycles. The average molecular weight is 770 g/mol. The van der Waals surface area contributed by atoms with E-state index < -0.39 is 64.6 Å². The zero-order valence-electron chi connectivity index (χ0n) is 25.4. The molecule has 3 aromatic carbocycles. The second kappa shape index (κ2) is 16.9. The molecule has 49 heavy (non-hydrogen) atoms. The van der Waals surface area contributed by atoms with E-state index in [1.54, 1.807) is 12.1 Å². The number of aryl methyl sites for hydroxylation is 1. The van der Waals surface area contributed by atoms with Crippen LogP contribution in [0.1, 0.15) is 23.6 Å². The summed E-state index contributed by atoms with van der Waals surface area (Å²) in [5.41, 5.74) is 16.2. The minimum Gasteiger partial charge on any atom is -0.397 e. The van der Waals surface area contributed by atoms with E-state index in [0.717, 1.165) is 29.8 Å². The van der Waals surface area contributed by atoms with Gasteiger partial charge in [-0.05, 0) is 67.9 Å². The number of nitrogens with two attached hydrogens (primary N) is 3. The fourth-order valence-electron chi connectivity index (χ4n) is 3.30. The summed E-state index contributed by atoms with van der Waals surface area (Å²) in [4.78, 5) is 52.1. The molecular formula is C25H35F6N6O9P3. The Morgan fingerprint density at radius 2 is 0.980 bits per heavy atom. The Morgan fingerprint density at radius 1 is 0.633 bits per heavy atom. The third kappa shape index (κ3) is 16.6. The molecule has 1 atom stereocenters. The topological polar surface area (TPSA) is 287 Å². The van der Waals surface area contributed by atoms with Crippen LogP contribution in [0.5, 0.6) is 0 Å². The van der Waals surface area contributed by atoms with Crippen LogP contribution in [0.4, 0.5) is 60.5 Å². The number of anilines is 6. The van der Waals surface area contributed by atoms with Crippen molar-refractivity contribution < 1.29 is 69.4 Å². The molecule has 15 N–H and O–H groups in total. The van der Waals surface area contributed by atoms with Gasteiger partial charge in [0.05, 0.1) is 45.3 Å². The molecular weight excluding hydrogens is 735 g/mol. The number of alkyl halides is 6. The molecule has 3 rings (SSSR count). The highest BCUT2D eigenvalue weighted by Gasteiger charge is 2.32. The first kappa shape index (κ1) is 43.5. The molecule has 24 heteroatoms. The van der Waals surface area contributed by atoms with Crippen LogP contribution in [0.15, 0.2) is 54.6 Å². The van der Waals surface area contributed by atoms with Crippen molar-refractivity contribution in [2.75, 3.05) is 45.7 Å². The Bertz CT molecular complexity index is 1710. The standard InChI is InChI=1S/C9H12F3N2O3P.C8H10F3N2O3P.C8H13N2O3P/c1-5(18(15,16)17)14-8-3-2-6(4-7(8)13)9(10,11)12;9-8(10,11)5-1-2-7(6(12)3-5)13-4-17(14,15)16;1-6-2-3-8(7(9)4-6)10-5-14(11,12)13/h2-5,14H,13H2,1H3,(H2,15,16,17);1-3,13H,4,12H2,(H2,14,15,16);2-4,10H,5,9H2,1H3,(H2,11,12,13). The van der Waals surface area contributed by atoms with Crippen molar-refractivity contribution in [3.63, 3.8) is 0 Å². The number of rotatable bonds is 9. The van der Waals surface area contributed by atoms with Gasteiger partial charge in [-0.2, -0.15) is 26.3 Å². The summed E-state index contributed by atoms with van der Waals surface area (Å²) in [7, 11) is -12.7. The quantitative estimate of drug-likeness (QED) is 0.0758. The highest BCUT2D eigenvalue weighted by atomic mass is 31.2. The van der Waals surface area contributed by atoms with Gasteiger partial charge in [0.15, 0.2) is 0 Å². The second-order valence-electron chi connectivity index (χ2n) is 10.1. The van der Waals surface area contributed by atoms with Gasteiger partial charge in [-0.15, -0.1) is 0 Å². The first-order valence-electron chi connectivity index (χ1n) is 13.2. The number of nitrogen functional groups attached to an aromatic ring is 3. The summed E-state index contributed by atoms with van der Waals surface area (Å²) in [6.45, 7) is 3.10. The summed E-state index contributed by atoms with van der Waals surface area (Å²) in [6, 6.07) is 10.3. The van der Waals surface area contributed by atoms with E-state index in [0.29, 0.717) is 23.5 Å². The van der Waals surface area contributed by atoms with E-state index in [-0.39, 0.29) is 22.7 Å². The lowest BCUT2D eigenvalue weighted by molar-refractivity contribution is -0.138. The number of halogens is 6. The van der Waals surface area contributed by atoms with Crippen molar-refractivity contribution >= 4 is 56.9 Å². The predicted molar refractivity (Wildman–Crippen MR) is 174 cm³/mol. The van der Waals surface area contributed by atoms with Crippen molar-refractivity contribution in [2.45, 2.75) is 32.0 Å². The lowest BCUT2D eigenvalue weighted by Crippen LogP contribution is -2.16. The molecule has 0 spiro atoms. The normalized spacial score (nSPS) is 12.9. The van der Waals surface area contributed by atoms with E-state index in [2.05, 4.69) is 16.0 Å². The van der Waals surface area contributed by atoms with Crippen LogP contribution >= 0.6 is 22.8 Å². The van der Waals surface area contributed by atoms with Crippen molar-refractivity contribution in [3.05, 3.63) is 71.3 Å². The molecule has 15 nitrogen and oxygen atoms in total. The average Bonchev–Trinajstić information content (AvgIpc) is 2.91. The Kier molecular flexibility index (Phi) is 15.0. The van der Waals surface area contributed by atoms with Crippen LogP contribution in [0, 0.1) is 6.92 Å². The van der Waals surface area contributed by atoms with Gasteiger partial charge in [-0.25, -0.2) is 0 Å². The molecule has 0 radical (unpaired) electrons. The van der Waals surface area contributed by atoms with Gasteiger partial charge in [0, 0.05) is 0 Å². The molecule has 0 saturated heterocycles. The Labute approximate surface area is 275 Å². The van der Waals surface area contributed by atoms with Crippen molar-refractivity contribution in [1.82, 2.24) is 0 Å². The summed E-state index contributed by atoms with van der Waals surface area (Å²) in [5.74, 6) is -1.24. The van der Waals surface area contributed by atoms with E-state index in [9.17, 15) is 40.0 Å². The van der Waals surface area contributed by atoms with Crippen molar-refractivity contribution in [2.24, 2.45) is 0 Å². The number of hydrogen-bond donors (Lipinski definition) is 12. The van der Waals surface area contributed by atoms with E-state index >= 15 is 0 Å². The number of benzene rings is 3. The van der Waals surface area contributed by atoms with E-state index in [1.807, 2.05) is 13.0 Å². The monoisotopic (exact) mass is 770 g/mol. The largest absolute Gasteiger partial charge is 0.416 e. The zero-order valence-corrected chi connectivity index (χ0v) is 28.1. The Balaban J connectivity index is 0.000000370. The highest BCUT2D eigenvalue weighted by Crippen LogP contribution is 2.42. The molecule has 3 aromatic rings. The minimum atomic E-state index is -4.51. The zero-order chi connectivity index (χ0) is 38.2. The van der Waals surface area contributed by atoms with Crippen LogP contribution in [-0.2, 0) is 26.0 Å². The van der Waals surface area contributed by atoms with Crippen LogP contribution in [0.25, 0.3) is 0 Å². The summed E-state index contributed by atoms with van der Waals surface area (Å²) < 4.78 is 106. The highest BCUT2D eigenvalue weighted by molar-refractivity contribution is 7.52. The maximum Gasteiger partial charge on any atom is 0.416 e. The fourth-order valence-corrected chi connectivity index (χ4v) is 4.36. The van der Waals surface area contributed by atoms with Gasteiger partial charge in [0.25, 0.3) is 0 Å². The SMILES string of the molecule is CC(Nc1ccc(C(F)(F)F)cc1N)P(=O)(O)O.Cc1ccc(NCP(=O)(O)O)c(N)c1.Nc1cc(C(F)(F)F)ccc1NCP(=O)(O)O. The lowest BCUT2D eigenvalue weighted by atomic mass is 10.1. The van der Waals surface area contributed by atoms with Crippen LogP contribution in [-0.4, -0.2) is 47.7 Å². The first-order valence-corrected chi connectivity index (χ1v) is 18.5. The molecule has 0 aliphatic carbocycles. The van der Waals surface area contributed by atoms with Crippen molar-refractivity contribution in [3.8, 4) is 0 Å². The smallest absolute Gasteiger partial charge is 0.397 e. The second-order valence-corrected chi connectivity index (χ2v) is 15.3. The van der Waals surface area contributed by atoms with Gasteiger partial charge in [0.2, 0.25) is 0 Å². The molecule has 0 aliphatic rings. The first-order chi connectivity index (χ1) is 22.0. The summed E-state index contributed by atoms with van der Waals surface area (Å²) >= 11 is 0. The molecule has 0 aromatic heterocycles. The van der Waals surface area contributed by atoms with Gasteiger partial charge in [-0.1, -0.05) is 6.07 Å². The summed E-state index contributed by atoms with van der Waals surface area (Å²) in [5, 5.41) is 7.24. The third-order valence-corrected chi connectivity index (χ3v) is 8.06. The molecule has 0 bridgehead atoms. The Morgan fingerprint density at radius 3 is 1.29 bits per heavy atom. The molecule has 1 unspecified atom stereocenters. The van der Waals surface area contributed by atoms with Crippen LogP contribution in [0.2, 0.25) is 0 Å². The molecule has 0 amide bonds. The van der Waals surface area contributed by atoms with Crippen molar-refractivity contribution in [1.29, 1.82) is 0 Å². The van der Waals surface area contributed by atoms with Gasteiger partial charge in [-0.3, -0.25) is 13.7 Å². The van der Waals surface area contributed by atoms with Gasteiger partial charge in [0.1, 0.15) is 18.4 Å². The maximum absolute atomic E-state index is 12.4. The Hall–Kier alpha value is -3.51. The predicted octanol–water partition coefficient (Wildman–Crippen LogP) is 5.18. The van der Waals surface area contributed by atoms with Crippen LogP contribution < -0.4 is 33.2 Å². The fraction of sp³-hybridized carbons (Fsp3) is 0.280. The maximum atomic E-state index is 12.4. The lowest BCUT2D eigenvalue weighted by Gasteiger charge is -2.18. The van der Waals surface area contributed by atoms with E-state index in [4.69, 9.17) is 46.6 Å². The number of hydrogen-bond acceptors (Lipinski definition) is 9. The summed E-state index contributed by atoms with van der Waals surface area (Å²) in [6.07, 6.45) is -10.1. The minimum absolute atomic E-state index is 0.0406. The van der Waals surface area contributed by atoms with Gasteiger partial charge >= 0.3 is 35.1 Å². The third-order valence-electron chi connectivity index (χ3n) is 5.78. The van der Waals surface area contributed by atoms with Crippen LogP contribution in [0.3, 0.4) is 0 Å². The molecule has 0 aliphatic heterocycles. The molecule has 276 valence electrons. The van der Waals surface area contributed by atoms with E-state index in [1.165, 1.54) is 6.92 Å². The number of nitrogens with one attached hydrogen (secondary N) is 3. The molecule has 0 fully saturated rings. The molecule has 0 heterocycles.